The summed E-state index contributed by atoms with van der Waals surface area (Å²) < 4.78 is 21.3. The largest absolute Gasteiger partial charge is 0.489 e. The first-order chi connectivity index (χ1) is 11.5. The van der Waals surface area contributed by atoms with Crippen molar-refractivity contribution in [3.05, 3.63) is 47.0 Å². The molecule has 8 heteroatoms. The number of ether oxygens (including phenoxy) is 1. The van der Waals surface area contributed by atoms with Gasteiger partial charge in [0.1, 0.15) is 23.2 Å². The molecule has 1 amide bonds. The van der Waals surface area contributed by atoms with Crippen LogP contribution in [0, 0.1) is 17.1 Å². The molecule has 124 valence electrons. The second kappa shape index (κ2) is 6.58. The number of carboxylic acid groups (broad SMARTS) is 1. The molecule has 0 aliphatic heterocycles. The Morgan fingerprint density at radius 1 is 1.50 bits per heavy atom. The van der Waals surface area contributed by atoms with Gasteiger partial charge < -0.3 is 15.2 Å². The van der Waals surface area contributed by atoms with Crippen LogP contribution in [0.3, 0.4) is 0 Å². The number of hydrogen-bond donors (Lipinski definition) is 2. The van der Waals surface area contributed by atoms with Crippen LogP contribution in [0.1, 0.15) is 29.5 Å². The zero-order valence-electron chi connectivity index (χ0n) is 12.7. The number of nitrogens with zero attached hydrogens (tertiary/aromatic N) is 3. The number of benzene rings is 1. The van der Waals surface area contributed by atoms with Gasteiger partial charge in [0.05, 0.1) is 18.8 Å². The summed E-state index contributed by atoms with van der Waals surface area (Å²) in [6.07, 6.45) is 3.99. The highest BCUT2D eigenvalue weighted by Gasteiger charge is 2.25. The minimum Gasteiger partial charge on any atom is -0.489 e. The summed E-state index contributed by atoms with van der Waals surface area (Å²) in [5.41, 5.74) is 1.22. The van der Waals surface area contributed by atoms with E-state index < -0.39 is 11.9 Å². The number of carbonyl (C=O) groups is 1. The first kappa shape index (κ1) is 15.8. The van der Waals surface area contributed by atoms with Crippen molar-refractivity contribution in [2.45, 2.75) is 32.0 Å². The van der Waals surface area contributed by atoms with E-state index in [4.69, 9.17) is 15.1 Å². The Morgan fingerprint density at radius 3 is 2.96 bits per heavy atom. The van der Waals surface area contributed by atoms with Crippen LogP contribution in [-0.2, 0) is 13.1 Å². The van der Waals surface area contributed by atoms with Gasteiger partial charge in [-0.2, -0.15) is 10.4 Å². The Bertz CT molecular complexity index is 808. The lowest BCUT2D eigenvalue weighted by Gasteiger charge is -2.10. The molecule has 0 spiro atoms. The smallest absolute Gasteiger partial charge is 0.404 e. The number of aromatic nitrogens is 2. The summed E-state index contributed by atoms with van der Waals surface area (Å²) in [6.45, 7) is 0.434. The summed E-state index contributed by atoms with van der Waals surface area (Å²) in [5, 5.41) is 24.0. The summed E-state index contributed by atoms with van der Waals surface area (Å²) in [4.78, 5) is 10.5. The predicted octanol–water partition coefficient (Wildman–Crippen LogP) is 2.25. The van der Waals surface area contributed by atoms with Gasteiger partial charge in [-0.05, 0) is 30.5 Å². The van der Waals surface area contributed by atoms with Crippen LogP contribution in [0.5, 0.6) is 5.75 Å². The van der Waals surface area contributed by atoms with Crippen LogP contribution < -0.4 is 10.1 Å². The second-order valence-corrected chi connectivity index (χ2v) is 5.58. The molecular weight excluding hydrogens is 315 g/mol. The monoisotopic (exact) mass is 330 g/mol. The topological polar surface area (TPSA) is 100 Å². The van der Waals surface area contributed by atoms with Crippen molar-refractivity contribution in [2.75, 3.05) is 0 Å². The number of halogens is 1. The summed E-state index contributed by atoms with van der Waals surface area (Å²) in [7, 11) is 0. The molecule has 2 N–H and O–H groups in total. The van der Waals surface area contributed by atoms with Gasteiger partial charge in [-0.1, -0.05) is 0 Å². The molecule has 2 aromatic rings. The highest BCUT2D eigenvalue weighted by Crippen LogP contribution is 2.31. The highest BCUT2D eigenvalue weighted by atomic mass is 19.1. The van der Waals surface area contributed by atoms with Crippen molar-refractivity contribution in [3.63, 3.8) is 0 Å². The average Bonchev–Trinajstić information content (AvgIpc) is 3.22. The molecule has 1 aromatic carbocycles. The van der Waals surface area contributed by atoms with Crippen molar-refractivity contribution >= 4 is 6.09 Å². The molecule has 1 aromatic heterocycles. The number of rotatable bonds is 6. The van der Waals surface area contributed by atoms with E-state index in [2.05, 4.69) is 10.4 Å². The van der Waals surface area contributed by atoms with Crippen molar-refractivity contribution in [1.29, 1.82) is 5.26 Å². The normalized spacial score (nSPS) is 13.3. The van der Waals surface area contributed by atoms with Gasteiger partial charge in [0.2, 0.25) is 0 Å². The Morgan fingerprint density at radius 2 is 2.29 bits per heavy atom. The average molecular weight is 330 g/mol. The number of nitrogens with one attached hydrogen (secondary N) is 1. The molecule has 24 heavy (non-hydrogen) atoms. The third-order valence-corrected chi connectivity index (χ3v) is 3.52. The van der Waals surface area contributed by atoms with E-state index in [1.54, 1.807) is 16.9 Å². The van der Waals surface area contributed by atoms with Crippen LogP contribution in [0.4, 0.5) is 9.18 Å². The van der Waals surface area contributed by atoms with Crippen molar-refractivity contribution in [1.82, 2.24) is 15.1 Å². The highest BCUT2D eigenvalue weighted by molar-refractivity contribution is 5.64. The third kappa shape index (κ3) is 3.81. The van der Waals surface area contributed by atoms with E-state index in [1.807, 2.05) is 6.07 Å². The Kier molecular flexibility index (Phi) is 4.33. The van der Waals surface area contributed by atoms with E-state index >= 15 is 0 Å². The van der Waals surface area contributed by atoms with E-state index in [-0.39, 0.29) is 30.5 Å². The van der Waals surface area contributed by atoms with Crippen molar-refractivity contribution in [3.8, 4) is 11.8 Å². The first-order valence-corrected chi connectivity index (χ1v) is 7.42. The second-order valence-electron chi connectivity index (χ2n) is 5.58. The van der Waals surface area contributed by atoms with Gasteiger partial charge >= 0.3 is 6.09 Å². The number of amides is 1. The molecule has 1 aliphatic carbocycles. The summed E-state index contributed by atoms with van der Waals surface area (Å²) >= 11 is 0. The molecule has 1 saturated carbocycles. The predicted molar refractivity (Wildman–Crippen MR) is 81.0 cm³/mol. The maximum atomic E-state index is 14.1. The number of hydrogen-bond acceptors (Lipinski definition) is 4. The van der Waals surface area contributed by atoms with Crippen molar-refractivity contribution < 1.29 is 19.0 Å². The van der Waals surface area contributed by atoms with Crippen LogP contribution in [0.2, 0.25) is 0 Å². The van der Waals surface area contributed by atoms with Crippen LogP contribution in [0.15, 0.2) is 24.5 Å². The van der Waals surface area contributed by atoms with Gasteiger partial charge in [-0.3, -0.25) is 4.68 Å². The van der Waals surface area contributed by atoms with Crippen LogP contribution in [0.25, 0.3) is 0 Å². The van der Waals surface area contributed by atoms with Crippen LogP contribution >= 0.6 is 0 Å². The lowest BCUT2D eigenvalue weighted by molar-refractivity contribution is 0.194. The maximum Gasteiger partial charge on any atom is 0.404 e. The van der Waals surface area contributed by atoms with E-state index in [0.717, 1.165) is 12.8 Å². The minimum absolute atomic E-state index is 0.0603. The quantitative estimate of drug-likeness (QED) is 0.846. The molecule has 3 rings (SSSR count). The van der Waals surface area contributed by atoms with Gasteiger partial charge in [0.15, 0.2) is 0 Å². The van der Waals surface area contributed by atoms with E-state index in [0.29, 0.717) is 11.1 Å². The molecule has 0 saturated heterocycles. The van der Waals surface area contributed by atoms with Gasteiger partial charge in [0, 0.05) is 18.3 Å². The van der Waals surface area contributed by atoms with Crippen LogP contribution in [-0.4, -0.2) is 27.1 Å². The fourth-order valence-electron chi connectivity index (χ4n) is 2.24. The SMILES string of the molecule is N#Cc1c(F)cc(Cn2cc(CNC(=O)O)cn2)cc1OC1CC1. The molecule has 1 fully saturated rings. The first-order valence-electron chi connectivity index (χ1n) is 7.42. The van der Waals surface area contributed by atoms with Gasteiger partial charge in [-0.15, -0.1) is 0 Å². The van der Waals surface area contributed by atoms with Gasteiger partial charge in [-0.25, -0.2) is 9.18 Å². The number of nitriles is 1. The van der Waals surface area contributed by atoms with Crippen molar-refractivity contribution in [2.24, 2.45) is 0 Å². The molecule has 7 nitrogen and oxygen atoms in total. The minimum atomic E-state index is -1.11. The molecule has 0 atom stereocenters. The van der Waals surface area contributed by atoms with E-state index in [1.165, 1.54) is 12.3 Å². The maximum absolute atomic E-state index is 14.1. The third-order valence-electron chi connectivity index (χ3n) is 3.52. The Labute approximate surface area is 137 Å². The zero-order chi connectivity index (χ0) is 17.1. The molecule has 1 heterocycles. The molecule has 1 aliphatic rings. The fraction of sp³-hybridized carbons (Fsp3) is 0.312. The standard InChI is InChI=1S/C16H15FN4O3/c17-14-3-10(4-15(13(14)5-18)24-12-1-2-12)8-21-9-11(7-20-21)6-19-16(22)23/h3-4,7,9,12,19H,1-2,6,8H2,(H,22,23). The summed E-state index contributed by atoms with van der Waals surface area (Å²) in [6, 6.07) is 4.77. The Balaban J connectivity index is 1.76. The molecule has 0 unspecified atom stereocenters. The zero-order valence-corrected chi connectivity index (χ0v) is 12.7. The molecule has 0 radical (unpaired) electrons. The lowest BCUT2D eigenvalue weighted by Crippen LogP contribution is -2.19. The van der Waals surface area contributed by atoms with Gasteiger partial charge in [0.25, 0.3) is 0 Å². The summed E-state index contributed by atoms with van der Waals surface area (Å²) in [5.74, 6) is -0.361. The fourth-order valence-corrected chi connectivity index (χ4v) is 2.24. The molecular formula is C16H15FN4O3. The molecule has 0 bridgehead atoms. The Hall–Kier alpha value is -3.08. The lowest BCUT2D eigenvalue weighted by atomic mass is 10.1. The van der Waals surface area contributed by atoms with E-state index in [9.17, 15) is 9.18 Å².